The van der Waals surface area contributed by atoms with Crippen LogP contribution in [0.25, 0.3) is 0 Å². The Morgan fingerprint density at radius 2 is 1.75 bits per heavy atom. The molecule has 0 saturated heterocycles. The number of rotatable bonds is 10. The molecule has 0 bridgehead atoms. The number of ether oxygens (including phenoxy) is 1. The molecule has 0 radical (unpaired) electrons. The van der Waals surface area contributed by atoms with Gasteiger partial charge in [0.15, 0.2) is 0 Å². The Kier molecular flexibility index (Phi) is 10.2. The molecule has 0 aliphatic heterocycles. The Balaban J connectivity index is 3.23. The highest BCUT2D eigenvalue weighted by Crippen LogP contribution is 2.25. The fourth-order valence-electron chi connectivity index (χ4n) is 3.21. The number of nitrogens with zero attached hydrogens (tertiary/aromatic N) is 1. The number of carbonyl (C=O) groups excluding carboxylic acids is 3. The molecule has 1 aromatic carbocycles. The maximum atomic E-state index is 13.3. The number of alkyl carbamates (subject to hydrolysis) is 1. The molecule has 3 N–H and O–H groups in total. The van der Waals surface area contributed by atoms with Gasteiger partial charge >= 0.3 is 6.09 Å². The summed E-state index contributed by atoms with van der Waals surface area (Å²) in [5.74, 6) is -0.766. The van der Waals surface area contributed by atoms with E-state index in [0.29, 0.717) is 5.56 Å². The van der Waals surface area contributed by atoms with Gasteiger partial charge in [-0.25, -0.2) is 4.79 Å². The maximum Gasteiger partial charge on any atom is 0.408 e. The van der Waals surface area contributed by atoms with E-state index in [1.54, 1.807) is 32.9 Å². The fourth-order valence-corrected chi connectivity index (χ4v) is 3.21. The number of phenols is 1. The lowest BCUT2D eigenvalue weighted by atomic mass is 10.0. The zero-order valence-corrected chi connectivity index (χ0v) is 20.0. The molecule has 8 nitrogen and oxygen atoms in total. The summed E-state index contributed by atoms with van der Waals surface area (Å²) in [6, 6.07) is 4.13. The Bertz CT molecular complexity index is 786. The van der Waals surface area contributed by atoms with E-state index >= 15 is 0 Å². The average molecular weight is 448 g/mol. The van der Waals surface area contributed by atoms with Gasteiger partial charge in [0.05, 0.1) is 0 Å². The second kappa shape index (κ2) is 12.1. The molecular formula is C24H37N3O5. The molecule has 178 valence electrons. The van der Waals surface area contributed by atoms with Gasteiger partial charge < -0.3 is 25.4 Å². The highest BCUT2D eigenvalue weighted by Gasteiger charge is 2.34. The summed E-state index contributed by atoms with van der Waals surface area (Å²) in [6.07, 6.45) is 2.49. The second-order valence-corrected chi connectivity index (χ2v) is 8.84. The summed E-state index contributed by atoms with van der Waals surface area (Å²) in [7, 11) is 0. The van der Waals surface area contributed by atoms with Crippen LogP contribution >= 0.6 is 0 Å². The van der Waals surface area contributed by atoms with Crippen LogP contribution in [-0.2, 0) is 14.3 Å². The third-order valence-electron chi connectivity index (χ3n) is 4.59. The van der Waals surface area contributed by atoms with E-state index in [1.807, 2.05) is 13.8 Å². The number of hydrogen-bond acceptors (Lipinski definition) is 5. The Morgan fingerprint density at radius 3 is 2.25 bits per heavy atom. The van der Waals surface area contributed by atoms with Crippen molar-refractivity contribution < 1.29 is 24.2 Å². The zero-order valence-electron chi connectivity index (χ0n) is 20.0. The van der Waals surface area contributed by atoms with Crippen molar-refractivity contribution in [2.75, 3.05) is 6.54 Å². The number of carbonyl (C=O) groups is 3. The highest BCUT2D eigenvalue weighted by atomic mass is 16.6. The van der Waals surface area contributed by atoms with Crippen molar-refractivity contribution in [1.29, 1.82) is 0 Å². The van der Waals surface area contributed by atoms with Crippen LogP contribution in [0.15, 0.2) is 36.9 Å². The average Bonchev–Trinajstić information content (AvgIpc) is 2.67. The van der Waals surface area contributed by atoms with Gasteiger partial charge in [-0.3, -0.25) is 9.59 Å². The summed E-state index contributed by atoms with van der Waals surface area (Å²) < 4.78 is 5.24. The lowest BCUT2D eigenvalue weighted by Gasteiger charge is -2.33. The third kappa shape index (κ3) is 8.61. The smallest absolute Gasteiger partial charge is 0.408 e. The van der Waals surface area contributed by atoms with Gasteiger partial charge in [-0.2, -0.15) is 0 Å². The maximum absolute atomic E-state index is 13.3. The molecule has 1 rings (SSSR count). The number of nitrogens with one attached hydrogen (secondary N) is 2. The van der Waals surface area contributed by atoms with E-state index in [4.69, 9.17) is 4.74 Å². The van der Waals surface area contributed by atoms with Gasteiger partial charge in [-0.1, -0.05) is 31.6 Å². The molecule has 3 amide bonds. The standard InChI is InChI=1S/C24H37N3O5/c1-8-10-16(3)25-21(29)20(18-11-13-19(28)14-12-18)27(15-9-2)22(30)17(4)26-23(31)32-24(5,6)7/h9,11-14,16-17,20,28H,2,8,10,15H2,1,3-7H3,(H,25,29)(H,26,31). The molecule has 0 heterocycles. The van der Waals surface area contributed by atoms with Crippen LogP contribution in [0.3, 0.4) is 0 Å². The predicted molar refractivity (Wildman–Crippen MR) is 124 cm³/mol. The Morgan fingerprint density at radius 1 is 1.16 bits per heavy atom. The predicted octanol–water partition coefficient (Wildman–Crippen LogP) is 3.67. The molecule has 0 spiro atoms. The van der Waals surface area contributed by atoms with Crippen molar-refractivity contribution in [3.05, 3.63) is 42.5 Å². The fraction of sp³-hybridized carbons (Fsp3) is 0.542. The molecule has 3 unspecified atom stereocenters. The summed E-state index contributed by atoms with van der Waals surface area (Å²) >= 11 is 0. The number of benzene rings is 1. The van der Waals surface area contributed by atoms with E-state index in [9.17, 15) is 19.5 Å². The minimum absolute atomic E-state index is 0.0498. The number of hydrogen-bond donors (Lipinski definition) is 3. The molecule has 0 aliphatic carbocycles. The van der Waals surface area contributed by atoms with Crippen LogP contribution in [0.5, 0.6) is 5.75 Å². The number of phenolic OH excluding ortho intramolecular Hbond substituents is 1. The van der Waals surface area contributed by atoms with E-state index in [1.165, 1.54) is 30.0 Å². The Labute approximate surface area is 191 Å². The SMILES string of the molecule is C=CCN(C(=O)C(C)NC(=O)OC(C)(C)C)C(C(=O)NC(C)CCC)c1ccc(O)cc1. The van der Waals surface area contributed by atoms with Gasteiger partial charge in [0.1, 0.15) is 23.4 Å². The van der Waals surface area contributed by atoms with Crippen LogP contribution in [0.1, 0.15) is 66.0 Å². The van der Waals surface area contributed by atoms with E-state index in [-0.39, 0.29) is 24.2 Å². The first-order chi connectivity index (χ1) is 14.9. The van der Waals surface area contributed by atoms with Crippen LogP contribution < -0.4 is 10.6 Å². The van der Waals surface area contributed by atoms with Crippen LogP contribution in [0.2, 0.25) is 0 Å². The monoisotopic (exact) mass is 447 g/mol. The lowest BCUT2D eigenvalue weighted by molar-refractivity contribution is -0.141. The van der Waals surface area contributed by atoms with E-state index < -0.39 is 29.7 Å². The van der Waals surface area contributed by atoms with E-state index in [2.05, 4.69) is 17.2 Å². The highest BCUT2D eigenvalue weighted by molar-refractivity contribution is 5.92. The summed E-state index contributed by atoms with van der Waals surface area (Å²) in [5, 5.41) is 15.2. The van der Waals surface area contributed by atoms with Gasteiger partial charge in [0.25, 0.3) is 0 Å². The van der Waals surface area contributed by atoms with Gasteiger partial charge in [0.2, 0.25) is 11.8 Å². The summed E-state index contributed by atoms with van der Waals surface area (Å²) in [5.41, 5.74) is -0.180. The third-order valence-corrected chi connectivity index (χ3v) is 4.59. The first-order valence-corrected chi connectivity index (χ1v) is 10.9. The molecule has 0 fully saturated rings. The van der Waals surface area contributed by atoms with Crippen LogP contribution in [0.4, 0.5) is 4.79 Å². The number of aromatic hydroxyl groups is 1. The first-order valence-electron chi connectivity index (χ1n) is 10.9. The number of amides is 3. The zero-order chi connectivity index (χ0) is 24.5. The lowest BCUT2D eigenvalue weighted by Crippen LogP contribution is -2.52. The molecule has 0 saturated carbocycles. The second-order valence-electron chi connectivity index (χ2n) is 8.84. The molecular weight excluding hydrogens is 410 g/mol. The molecule has 0 aromatic heterocycles. The van der Waals surface area contributed by atoms with Crippen molar-refractivity contribution in [3.8, 4) is 5.75 Å². The summed E-state index contributed by atoms with van der Waals surface area (Å²) in [4.78, 5) is 40.1. The van der Waals surface area contributed by atoms with Crippen molar-refractivity contribution in [1.82, 2.24) is 15.5 Å². The van der Waals surface area contributed by atoms with Gasteiger partial charge in [0, 0.05) is 12.6 Å². The quantitative estimate of drug-likeness (QED) is 0.474. The van der Waals surface area contributed by atoms with Gasteiger partial charge in [-0.05, 0) is 58.7 Å². The molecule has 1 aromatic rings. The van der Waals surface area contributed by atoms with Gasteiger partial charge in [-0.15, -0.1) is 6.58 Å². The van der Waals surface area contributed by atoms with Crippen LogP contribution in [0, 0.1) is 0 Å². The molecule has 8 heteroatoms. The van der Waals surface area contributed by atoms with Crippen molar-refractivity contribution >= 4 is 17.9 Å². The van der Waals surface area contributed by atoms with E-state index in [0.717, 1.165) is 12.8 Å². The minimum atomic E-state index is -0.969. The first kappa shape index (κ1) is 27.0. The summed E-state index contributed by atoms with van der Waals surface area (Å²) in [6.45, 7) is 14.4. The van der Waals surface area contributed by atoms with Crippen molar-refractivity contribution in [2.24, 2.45) is 0 Å². The topological polar surface area (TPSA) is 108 Å². The molecule has 0 aliphatic rings. The largest absolute Gasteiger partial charge is 0.508 e. The minimum Gasteiger partial charge on any atom is -0.508 e. The molecule has 32 heavy (non-hydrogen) atoms. The van der Waals surface area contributed by atoms with Crippen molar-refractivity contribution in [3.63, 3.8) is 0 Å². The Hall–Kier alpha value is -3.03. The molecule has 3 atom stereocenters. The van der Waals surface area contributed by atoms with Crippen molar-refractivity contribution in [2.45, 2.75) is 78.1 Å². The van der Waals surface area contributed by atoms with Crippen LogP contribution in [-0.4, -0.2) is 52.1 Å². The normalized spacial score (nSPS) is 13.9.